The number of H-pyrrole nitrogens is 1. The third-order valence-corrected chi connectivity index (χ3v) is 6.12. The molecule has 0 aliphatic rings. The number of anilines is 3. The van der Waals surface area contributed by atoms with E-state index in [4.69, 9.17) is 5.73 Å². The largest absolute Gasteiger partial charge is 0.417 e. The molecule has 0 fully saturated rings. The van der Waals surface area contributed by atoms with Crippen molar-refractivity contribution in [2.75, 3.05) is 16.4 Å². The molecular formula is C27H19F6N7O. The molecule has 0 spiro atoms. The number of aromatic amines is 1. The standard InChI is InChI=1S/C27H19F6N7O/c28-26(29,30)17-5-7-19(8-6-17)38-25(41)21-10-18(27(31,32)33)13-37-23(21)35-11-14-1-3-15(4-2-14)16-9-20-22(34)39-40-24(20)36-12-16/h1-10,12-13H,11H2,(H,35,37)(H,38,41)(H3,34,36,39,40). The predicted octanol–water partition coefficient (Wildman–Crippen LogP) is 6.50. The van der Waals surface area contributed by atoms with Gasteiger partial charge in [0, 0.05) is 30.2 Å². The van der Waals surface area contributed by atoms with E-state index in [1.54, 1.807) is 18.3 Å². The van der Waals surface area contributed by atoms with E-state index in [0.717, 1.165) is 41.0 Å². The molecule has 0 aliphatic heterocycles. The number of hydrogen-bond donors (Lipinski definition) is 4. The highest BCUT2D eigenvalue weighted by molar-refractivity contribution is 6.07. The van der Waals surface area contributed by atoms with Gasteiger partial charge >= 0.3 is 12.4 Å². The normalized spacial score (nSPS) is 12.0. The molecule has 41 heavy (non-hydrogen) atoms. The molecule has 1 amide bonds. The highest BCUT2D eigenvalue weighted by Gasteiger charge is 2.33. The first-order valence-corrected chi connectivity index (χ1v) is 11.9. The van der Waals surface area contributed by atoms with Crippen molar-refractivity contribution in [1.82, 2.24) is 20.2 Å². The molecule has 0 unspecified atom stereocenters. The van der Waals surface area contributed by atoms with Gasteiger partial charge in [-0.05, 0) is 47.5 Å². The van der Waals surface area contributed by atoms with Gasteiger partial charge in [0.2, 0.25) is 0 Å². The van der Waals surface area contributed by atoms with Crippen molar-refractivity contribution in [3.05, 3.63) is 95.3 Å². The lowest BCUT2D eigenvalue weighted by Gasteiger charge is -2.15. The molecule has 14 heteroatoms. The minimum absolute atomic E-state index is 0.0354. The number of alkyl halides is 6. The summed E-state index contributed by atoms with van der Waals surface area (Å²) in [4.78, 5) is 21.0. The fraction of sp³-hybridized carbons (Fsp3) is 0.111. The van der Waals surface area contributed by atoms with Gasteiger partial charge in [-0.25, -0.2) is 9.97 Å². The summed E-state index contributed by atoms with van der Waals surface area (Å²) in [6, 6.07) is 13.2. The smallest absolute Gasteiger partial charge is 0.382 e. The maximum Gasteiger partial charge on any atom is 0.417 e. The molecule has 0 saturated carbocycles. The number of benzene rings is 2. The lowest BCUT2D eigenvalue weighted by Crippen LogP contribution is -2.18. The highest BCUT2D eigenvalue weighted by atomic mass is 19.4. The Bertz CT molecular complexity index is 1710. The summed E-state index contributed by atoms with van der Waals surface area (Å²) >= 11 is 0. The van der Waals surface area contributed by atoms with E-state index in [2.05, 4.69) is 30.8 Å². The van der Waals surface area contributed by atoms with E-state index < -0.39 is 35.0 Å². The van der Waals surface area contributed by atoms with Crippen molar-refractivity contribution in [1.29, 1.82) is 0 Å². The molecule has 0 saturated heterocycles. The van der Waals surface area contributed by atoms with Crippen LogP contribution in [0.15, 0.2) is 73.1 Å². The topological polar surface area (TPSA) is 122 Å². The number of pyridine rings is 2. The molecule has 210 valence electrons. The fourth-order valence-electron chi connectivity index (χ4n) is 3.96. The SMILES string of the molecule is Nc1n[nH]c2ncc(-c3ccc(CNc4ncc(C(F)(F)F)cc4C(=O)Nc4ccc(C(F)(F)F)cc4)cc3)cc12. The van der Waals surface area contributed by atoms with Crippen molar-refractivity contribution in [2.45, 2.75) is 18.9 Å². The van der Waals surface area contributed by atoms with Crippen LogP contribution in [-0.4, -0.2) is 26.1 Å². The van der Waals surface area contributed by atoms with Gasteiger partial charge in [0.25, 0.3) is 5.91 Å². The van der Waals surface area contributed by atoms with Gasteiger partial charge in [-0.1, -0.05) is 24.3 Å². The van der Waals surface area contributed by atoms with E-state index >= 15 is 0 Å². The van der Waals surface area contributed by atoms with Gasteiger partial charge in [-0.3, -0.25) is 9.89 Å². The van der Waals surface area contributed by atoms with Crippen LogP contribution in [0.2, 0.25) is 0 Å². The van der Waals surface area contributed by atoms with Crippen molar-refractivity contribution >= 4 is 34.3 Å². The third-order valence-electron chi connectivity index (χ3n) is 6.12. The Labute approximate surface area is 227 Å². The minimum Gasteiger partial charge on any atom is -0.382 e. The number of nitrogens with zero attached hydrogens (tertiary/aromatic N) is 3. The first-order valence-electron chi connectivity index (χ1n) is 11.9. The molecule has 5 aromatic rings. The zero-order valence-corrected chi connectivity index (χ0v) is 20.7. The number of amides is 1. The summed E-state index contributed by atoms with van der Waals surface area (Å²) in [5, 5.41) is 12.5. The zero-order valence-electron chi connectivity index (χ0n) is 20.7. The zero-order chi connectivity index (χ0) is 29.4. The Hall–Kier alpha value is -5.14. The van der Waals surface area contributed by atoms with Gasteiger partial charge in [0.1, 0.15) is 5.82 Å². The van der Waals surface area contributed by atoms with Crippen LogP contribution in [0.3, 0.4) is 0 Å². The van der Waals surface area contributed by atoms with E-state index in [-0.39, 0.29) is 18.1 Å². The lowest BCUT2D eigenvalue weighted by molar-refractivity contribution is -0.138. The minimum atomic E-state index is -4.77. The van der Waals surface area contributed by atoms with Crippen LogP contribution >= 0.6 is 0 Å². The molecule has 8 nitrogen and oxygen atoms in total. The molecule has 0 radical (unpaired) electrons. The number of carbonyl (C=O) groups is 1. The van der Waals surface area contributed by atoms with Crippen molar-refractivity contribution in [2.24, 2.45) is 0 Å². The van der Waals surface area contributed by atoms with Gasteiger partial charge in [-0.15, -0.1) is 0 Å². The van der Waals surface area contributed by atoms with E-state index in [1.165, 1.54) is 0 Å². The fourth-order valence-corrected chi connectivity index (χ4v) is 3.96. The van der Waals surface area contributed by atoms with Crippen molar-refractivity contribution < 1.29 is 31.1 Å². The number of aromatic nitrogens is 4. The van der Waals surface area contributed by atoms with E-state index in [1.807, 2.05) is 18.2 Å². The quantitative estimate of drug-likeness (QED) is 0.173. The molecule has 5 N–H and O–H groups in total. The molecule has 0 bridgehead atoms. The number of carbonyl (C=O) groups excluding carboxylic acids is 1. The number of rotatable bonds is 6. The Kier molecular flexibility index (Phi) is 6.99. The van der Waals surface area contributed by atoms with Crippen LogP contribution in [-0.2, 0) is 18.9 Å². The van der Waals surface area contributed by atoms with Crippen LogP contribution in [0, 0.1) is 0 Å². The number of fused-ring (bicyclic) bond motifs is 1. The van der Waals surface area contributed by atoms with Crippen molar-refractivity contribution in [3.8, 4) is 11.1 Å². The predicted molar refractivity (Wildman–Crippen MR) is 140 cm³/mol. The molecule has 3 aromatic heterocycles. The first-order chi connectivity index (χ1) is 19.4. The Balaban J connectivity index is 1.34. The second-order valence-corrected chi connectivity index (χ2v) is 8.93. The maximum absolute atomic E-state index is 13.3. The summed E-state index contributed by atoms with van der Waals surface area (Å²) in [5.41, 5.74) is 6.17. The number of hydrogen-bond acceptors (Lipinski definition) is 6. The monoisotopic (exact) mass is 571 g/mol. The number of nitrogen functional groups attached to an aromatic ring is 1. The summed E-state index contributed by atoms with van der Waals surface area (Å²) in [5.74, 6) is -0.809. The van der Waals surface area contributed by atoms with E-state index in [9.17, 15) is 31.1 Å². The number of nitrogens with two attached hydrogens (primary N) is 1. The number of halogens is 6. The Morgan fingerprint density at radius 1 is 0.829 bits per heavy atom. The summed E-state index contributed by atoms with van der Waals surface area (Å²) in [6.45, 7) is 0.102. The summed E-state index contributed by atoms with van der Waals surface area (Å²) < 4.78 is 78.5. The lowest BCUT2D eigenvalue weighted by atomic mass is 10.0. The maximum atomic E-state index is 13.3. The molecular weight excluding hydrogens is 552 g/mol. The second-order valence-electron chi connectivity index (χ2n) is 8.93. The van der Waals surface area contributed by atoms with Gasteiger partial charge in [-0.2, -0.15) is 31.4 Å². The Morgan fingerprint density at radius 3 is 2.17 bits per heavy atom. The van der Waals surface area contributed by atoms with Gasteiger partial charge < -0.3 is 16.4 Å². The average Bonchev–Trinajstić information content (AvgIpc) is 3.31. The second kappa shape index (κ2) is 10.4. The number of nitrogens with one attached hydrogen (secondary N) is 3. The average molecular weight is 571 g/mol. The van der Waals surface area contributed by atoms with Gasteiger partial charge in [0.05, 0.1) is 22.1 Å². The molecule has 3 heterocycles. The van der Waals surface area contributed by atoms with E-state index in [0.29, 0.717) is 29.1 Å². The van der Waals surface area contributed by atoms with Crippen LogP contribution in [0.25, 0.3) is 22.2 Å². The Morgan fingerprint density at radius 2 is 1.51 bits per heavy atom. The van der Waals surface area contributed by atoms with Crippen LogP contribution in [0.5, 0.6) is 0 Å². The molecule has 2 aromatic carbocycles. The molecule has 0 aliphatic carbocycles. The first kappa shape index (κ1) is 27.4. The van der Waals surface area contributed by atoms with Gasteiger partial charge in [0.15, 0.2) is 11.5 Å². The van der Waals surface area contributed by atoms with Crippen LogP contribution in [0.1, 0.15) is 27.0 Å². The molecule has 0 atom stereocenters. The van der Waals surface area contributed by atoms with Crippen LogP contribution < -0.4 is 16.4 Å². The van der Waals surface area contributed by atoms with Crippen LogP contribution in [0.4, 0.5) is 43.7 Å². The summed E-state index contributed by atoms with van der Waals surface area (Å²) in [7, 11) is 0. The molecule has 5 rings (SSSR count). The van der Waals surface area contributed by atoms with Crippen molar-refractivity contribution in [3.63, 3.8) is 0 Å². The highest BCUT2D eigenvalue weighted by Crippen LogP contribution is 2.32. The third kappa shape index (κ3) is 6.05. The summed E-state index contributed by atoms with van der Waals surface area (Å²) in [6.07, 6.45) is -7.11.